The molecule has 0 bridgehead atoms. The predicted octanol–water partition coefficient (Wildman–Crippen LogP) is 2.68. The molecule has 4 rings (SSSR count). The first-order valence-corrected chi connectivity index (χ1v) is 11.0. The first-order valence-electron chi connectivity index (χ1n) is 11.0. The Morgan fingerprint density at radius 2 is 1.86 bits per heavy atom. The van der Waals surface area contributed by atoms with E-state index in [4.69, 9.17) is 0 Å². The molecule has 152 valence electrons. The average molecular weight is 384 g/mol. The first kappa shape index (κ1) is 19.4. The van der Waals surface area contributed by atoms with E-state index >= 15 is 0 Å². The number of benzene rings is 1. The molecule has 0 radical (unpaired) electrons. The number of carbonyl (C=O) groups is 2. The van der Waals surface area contributed by atoms with E-state index in [1.54, 1.807) is 0 Å². The number of hydrogen-bond donors (Lipinski definition) is 2. The number of hydrogen-bond acceptors (Lipinski definition) is 3. The summed E-state index contributed by atoms with van der Waals surface area (Å²) in [7, 11) is 0. The highest BCUT2D eigenvalue weighted by Gasteiger charge is 2.57. The molecule has 3 fully saturated rings. The summed E-state index contributed by atoms with van der Waals surface area (Å²) in [6.07, 6.45) is 5.88. The zero-order valence-electron chi connectivity index (χ0n) is 17.0. The quantitative estimate of drug-likeness (QED) is 0.822. The van der Waals surface area contributed by atoms with Crippen LogP contribution in [0.2, 0.25) is 0 Å². The molecule has 1 aromatic rings. The molecule has 2 unspecified atom stereocenters. The fourth-order valence-corrected chi connectivity index (χ4v) is 5.20. The van der Waals surface area contributed by atoms with E-state index in [-0.39, 0.29) is 35.1 Å². The van der Waals surface area contributed by atoms with E-state index in [0.717, 1.165) is 70.3 Å². The Morgan fingerprint density at radius 3 is 2.50 bits per heavy atom. The smallest absolute Gasteiger partial charge is 0.230 e. The van der Waals surface area contributed by atoms with E-state index in [2.05, 4.69) is 17.6 Å². The maximum absolute atomic E-state index is 13.0. The highest BCUT2D eigenvalue weighted by atomic mass is 16.2. The second-order valence-corrected chi connectivity index (χ2v) is 8.85. The van der Waals surface area contributed by atoms with Crippen molar-refractivity contribution in [3.63, 3.8) is 0 Å². The van der Waals surface area contributed by atoms with E-state index in [9.17, 15) is 9.59 Å². The van der Waals surface area contributed by atoms with Gasteiger partial charge in [0.05, 0.1) is 5.92 Å². The van der Waals surface area contributed by atoms with E-state index in [1.807, 2.05) is 35.2 Å². The number of nitrogens with zero attached hydrogens (tertiary/aromatic N) is 1. The lowest BCUT2D eigenvalue weighted by Crippen LogP contribution is -2.48. The molecule has 2 amide bonds. The molecule has 1 saturated carbocycles. The van der Waals surface area contributed by atoms with Gasteiger partial charge < -0.3 is 15.5 Å². The van der Waals surface area contributed by atoms with Gasteiger partial charge in [0.25, 0.3) is 0 Å². The maximum atomic E-state index is 13.0. The Labute approximate surface area is 168 Å². The van der Waals surface area contributed by atoms with Gasteiger partial charge in [0.15, 0.2) is 0 Å². The van der Waals surface area contributed by atoms with Crippen LogP contribution in [0.3, 0.4) is 0 Å². The molecule has 2 saturated heterocycles. The van der Waals surface area contributed by atoms with Crippen LogP contribution in [0.15, 0.2) is 30.3 Å². The summed E-state index contributed by atoms with van der Waals surface area (Å²) in [5.41, 5.74) is 1.39. The second-order valence-electron chi connectivity index (χ2n) is 8.85. The molecule has 3 aliphatic rings. The van der Waals surface area contributed by atoms with Crippen molar-refractivity contribution in [1.29, 1.82) is 0 Å². The molecule has 5 heteroatoms. The number of piperidine rings is 2. The van der Waals surface area contributed by atoms with Gasteiger partial charge in [-0.1, -0.05) is 37.3 Å². The van der Waals surface area contributed by atoms with Gasteiger partial charge in [-0.2, -0.15) is 0 Å². The molecule has 1 aliphatic carbocycles. The van der Waals surface area contributed by atoms with Crippen molar-refractivity contribution >= 4 is 11.8 Å². The summed E-state index contributed by atoms with van der Waals surface area (Å²) >= 11 is 0. The van der Waals surface area contributed by atoms with Crippen LogP contribution in [-0.4, -0.2) is 48.9 Å². The molecule has 0 aromatic heterocycles. The summed E-state index contributed by atoms with van der Waals surface area (Å²) in [6, 6.07) is 10.3. The average Bonchev–Trinajstić information content (AvgIpc) is 3.43. The molecule has 5 nitrogen and oxygen atoms in total. The monoisotopic (exact) mass is 383 g/mol. The van der Waals surface area contributed by atoms with E-state index in [1.165, 1.54) is 0 Å². The summed E-state index contributed by atoms with van der Waals surface area (Å²) < 4.78 is 0. The van der Waals surface area contributed by atoms with Crippen LogP contribution in [-0.2, 0) is 9.59 Å². The maximum Gasteiger partial charge on any atom is 0.230 e. The Kier molecular flexibility index (Phi) is 5.72. The Balaban J connectivity index is 1.26. The summed E-state index contributed by atoms with van der Waals surface area (Å²) in [5, 5.41) is 6.68. The Bertz CT molecular complexity index is 691. The van der Waals surface area contributed by atoms with Crippen molar-refractivity contribution in [1.82, 2.24) is 15.5 Å². The molecule has 2 atom stereocenters. The molecule has 2 aliphatic heterocycles. The minimum absolute atomic E-state index is 0.0569. The number of rotatable bonds is 5. The zero-order valence-corrected chi connectivity index (χ0v) is 17.0. The van der Waals surface area contributed by atoms with Crippen LogP contribution in [0.1, 0.15) is 56.9 Å². The molecular formula is C23H33N3O2. The van der Waals surface area contributed by atoms with Crippen LogP contribution in [0, 0.1) is 11.3 Å². The summed E-state index contributed by atoms with van der Waals surface area (Å²) in [6.45, 7) is 5.66. The summed E-state index contributed by atoms with van der Waals surface area (Å²) in [4.78, 5) is 27.7. The van der Waals surface area contributed by atoms with Crippen LogP contribution in [0.5, 0.6) is 0 Å². The van der Waals surface area contributed by atoms with Gasteiger partial charge in [-0.15, -0.1) is 0 Å². The topological polar surface area (TPSA) is 61.4 Å². The third-order valence-electron chi connectivity index (χ3n) is 7.17. The first-order chi connectivity index (χ1) is 13.6. The molecule has 1 aromatic carbocycles. The number of nitrogens with one attached hydrogen (secondary N) is 2. The minimum atomic E-state index is -0.0569. The molecule has 28 heavy (non-hydrogen) atoms. The highest BCUT2D eigenvalue weighted by molar-refractivity contribution is 5.84. The van der Waals surface area contributed by atoms with Gasteiger partial charge in [-0.25, -0.2) is 0 Å². The van der Waals surface area contributed by atoms with E-state index in [0.29, 0.717) is 0 Å². The third-order valence-corrected chi connectivity index (χ3v) is 7.17. The van der Waals surface area contributed by atoms with Crippen molar-refractivity contribution < 1.29 is 9.59 Å². The van der Waals surface area contributed by atoms with Crippen LogP contribution >= 0.6 is 0 Å². The SMILES string of the molecule is CCC(C(=O)N1CCC(NC(=O)C2CC23CCNCC3)CC1)c1ccccc1. The lowest BCUT2D eigenvalue weighted by Gasteiger charge is -2.34. The fourth-order valence-electron chi connectivity index (χ4n) is 5.20. The Hall–Kier alpha value is -1.88. The number of carbonyl (C=O) groups excluding carboxylic acids is 2. The lowest BCUT2D eigenvalue weighted by atomic mass is 9.91. The van der Waals surface area contributed by atoms with Crippen LogP contribution in [0.25, 0.3) is 0 Å². The van der Waals surface area contributed by atoms with Crippen molar-refractivity contribution in [3.05, 3.63) is 35.9 Å². The zero-order chi connectivity index (χ0) is 19.6. The molecule has 2 N–H and O–H groups in total. The molecule has 1 spiro atoms. The van der Waals surface area contributed by atoms with Crippen molar-refractivity contribution in [2.75, 3.05) is 26.2 Å². The van der Waals surface area contributed by atoms with Crippen molar-refractivity contribution in [3.8, 4) is 0 Å². The van der Waals surface area contributed by atoms with Gasteiger partial charge >= 0.3 is 0 Å². The standard InChI is InChI=1S/C23H33N3O2/c1-2-19(17-6-4-3-5-7-17)22(28)26-14-8-18(9-15-26)25-21(27)20-16-23(20)10-12-24-13-11-23/h3-7,18-20,24H,2,8-16H2,1H3,(H,25,27). The number of likely N-dealkylation sites (tertiary alicyclic amines) is 1. The van der Waals surface area contributed by atoms with Gasteiger partial charge in [0.2, 0.25) is 11.8 Å². The molecule has 2 heterocycles. The van der Waals surface area contributed by atoms with Gasteiger partial charge in [-0.3, -0.25) is 9.59 Å². The van der Waals surface area contributed by atoms with Crippen LogP contribution < -0.4 is 10.6 Å². The van der Waals surface area contributed by atoms with Crippen molar-refractivity contribution in [2.45, 2.75) is 57.4 Å². The van der Waals surface area contributed by atoms with E-state index < -0.39 is 0 Å². The largest absolute Gasteiger partial charge is 0.353 e. The second kappa shape index (κ2) is 8.24. The fraction of sp³-hybridized carbons (Fsp3) is 0.652. The van der Waals surface area contributed by atoms with Gasteiger partial charge in [0.1, 0.15) is 0 Å². The number of amides is 2. The Morgan fingerprint density at radius 1 is 1.18 bits per heavy atom. The van der Waals surface area contributed by atoms with Crippen LogP contribution in [0.4, 0.5) is 0 Å². The molecular weight excluding hydrogens is 350 g/mol. The summed E-state index contributed by atoms with van der Waals surface area (Å²) in [5.74, 6) is 0.645. The minimum Gasteiger partial charge on any atom is -0.353 e. The predicted molar refractivity (Wildman–Crippen MR) is 110 cm³/mol. The normalized spacial score (nSPS) is 25.3. The third kappa shape index (κ3) is 3.95. The van der Waals surface area contributed by atoms with Gasteiger partial charge in [0, 0.05) is 25.0 Å². The lowest BCUT2D eigenvalue weighted by molar-refractivity contribution is -0.134. The highest BCUT2D eigenvalue weighted by Crippen LogP contribution is 2.58. The van der Waals surface area contributed by atoms with Gasteiger partial charge in [-0.05, 0) is 62.6 Å². The van der Waals surface area contributed by atoms with Crippen molar-refractivity contribution in [2.24, 2.45) is 11.3 Å².